The van der Waals surface area contributed by atoms with Crippen LogP contribution in [0.3, 0.4) is 0 Å². The van der Waals surface area contributed by atoms with Crippen molar-refractivity contribution in [3.8, 4) is 5.75 Å². The van der Waals surface area contributed by atoms with Crippen molar-refractivity contribution < 1.29 is 14.3 Å². The normalized spacial score (nSPS) is 14.4. The first kappa shape index (κ1) is 22.3. The molecule has 1 saturated heterocycles. The molecule has 4 rings (SSSR count). The van der Waals surface area contributed by atoms with Crippen LogP contribution in [0, 0.1) is 0 Å². The Bertz CT molecular complexity index is 1110. The lowest BCUT2D eigenvalue weighted by Crippen LogP contribution is -2.47. The molecule has 1 aliphatic rings. The van der Waals surface area contributed by atoms with Gasteiger partial charge in [0.25, 0.3) is 11.8 Å². The molecule has 7 heteroatoms. The SMILES string of the molecule is CN1CCN(C(=O)c2ccc(CNC(=O)COc3ccc4ccccc4c3Br)cc2)CC1. The summed E-state index contributed by atoms with van der Waals surface area (Å²) < 4.78 is 6.54. The molecule has 0 saturated carbocycles. The van der Waals surface area contributed by atoms with Gasteiger partial charge >= 0.3 is 0 Å². The van der Waals surface area contributed by atoms with Gasteiger partial charge < -0.3 is 19.9 Å². The third kappa shape index (κ3) is 5.29. The fourth-order valence-corrected chi connectivity index (χ4v) is 4.29. The average molecular weight is 496 g/mol. The van der Waals surface area contributed by atoms with Crippen molar-refractivity contribution in [2.24, 2.45) is 0 Å². The molecule has 3 aromatic carbocycles. The molecule has 6 nitrogen and oxygen atoms in total. The summed E-state index contributed by atoms with van der Waals surface area (Å²) in [4.78, 5) is 29.0. The molecular weight excluding hydrogens is 470 g/mol. The van der Waals surface area contributed by atoms with Crippen LogP contribution in [0.4, 0.5) is 0 Å². The zero-order chi connectivity index (χ0) is 22.5. The number of benzene rings is 3. The van der Waals surface area contributed by atoms with E-state index < -0.39 is 0 Å². The predicted molar refractivity (Wildman–Crippen MR) is 129 cm³/mol. The third-order valence-corrected chi connectivity index (χ3v) is 6.49. The summed E-state index contributed by atoms with van der Waals surface area (Å²) in [5, 5.41) is 5.00. The Balaban J connectivity index is 1.27. The van der Waals surface area contributed by atoms with Gasteiger partial charge in [0.15, 0.2) is 6.61 Å². The van der Waals surface area contributed by atoms with Crippen LogP contribution in [0.25, 0.3) is 10.8 Å². The number of ether oxygens (including phenoxy) is 1. The van der Waals surface area contributed by atoms with Gasteiger partial charge in [-0.1, -0.05) is 42.5 Å². The highest BCUT2D eigenvalue weighted by Gasteiger charge is 2.20. The first-order valence-electron chi connectivity index (χ1n) is 10.6. The molecule has 0 spiro atoms. The Labute approximate surface area is 196 Å². The second-order valence-electron chi connectivity index (χ2n) is 7.96. The van der Waals surface area contributed by atoms with E-state index in [-0.39, 0.29) is 18.4 Å². The van der Waals surface area contributed by atoms with Crippen molar-refractivity contribution in [3.63, 3.8) is 0 Å². The van der Waals surface area contributed by atoms with Crippen molar-refractivity contribution in [2.45, 2.75) is 6.54 Å². The maximum atomic E-state index is 12.6. The van der Waals surface area contributed by atoms with Crippen molar-refractivity contribution in [1.29, 1.82) is 0 Å². The second-order valence-corrected chi connectivity index (χ2v) is 8.75. The van der Waals surface area contributed by atoms with E-state index in [1.165, 1.54) is 0 Å². The van der Waals surface area contributed by atoms with E-state index in [0.29, 0.717) is 17.9 Å². The monoisotopic (exact) mass is 495 g/mol. The van der Waals surface area contributed by atoms with Crippen LogP contribution < -0.4 is 10.1 Å². The third-order valence-electron chi connectivity index (χ3n) is 5.67. The summed E-state index contributed by atoms with van der Waals surface area (Å²) in [5.74, 6) is 0.483. The van der Waals surface area contributed by atoms with E-state index >= 15 is 0 Å². The minimum absolute atomic E-state index is 0.0584. The quantitative estimate of drug-likeness (QED) is 0.566. The number of nitrogens with one attached hydrogen (secondary N) is 1. The minimum atomic E-state index is -0.206. The van der Waals surface area contributed by atoms with Crippen LogP contribution in [0.2, 0.25) is 0 Å². The summed E-state index contributed by atoms with van der Waals surface area (Å²) in [5.41, 5.74) is 1.61. The first-order valence-corrected chi connectivity index (χ1v) is 11.4. The van der Waals surface area contributed by atoms with E-state index in [9.17, 15) is 9.59 Å². The zero-order valence-electron chi connectivity index (χ0n) is 18.0. The van der Waals surface area contributed by atoms with Gasteiger partial charge in [-0.05, 0) is 57.5 Å². The molecule has 1 N–H and O–H groups in total. The lowest BCUT2D eigenvalue weighted by atomic mass is 10.1. The summed E-state index contributed by atoms with van der Waals surface area (Å²) in [6.07, 6.45) is 0. The Morgan fingerprint density at radius 3 is 2.44 bits per heavy atom. The number of fused-ring (bicyclic) bond motifs is 1. The van der Waals surface area contributed by atoms with E-state index in [2.05, 4.69) is 33.2 Å². The van der Waals surface area contributed by atoms with Crippen molar-refractivity contribution in [3.05, 3.63) is 76.3 Å². The molecule has 1 aliphatic heterocycles. The van der Waals surface area contributed by atoms with Crippen molar-refractivity contribution in [2.75, 3.05) is 39.8 Å². The number of amides is 2. The van der Waals surface area contributed by atoms with Gasteiger partial charge in [-0.15, -0.1) is 0 Å². The average Bonchev–Trinajstić information content (AvgIpc) is 2.83. The Kier molecular flexibility index (Phi) is 7.07. The lowest BCUT2D eigenvalue weighted by molar-refractivity contribution is -0.123. The number of hydrogen-bond donors (Lipinski definition) is 1. The number of rotatable bonds is 6. The molecule has 3 aromatic rings. The number of halogens is 1. The number of likely N-dealkylation sites (N-methyl/N-ethyl adjacent to an activating group) is 1. The molecule has 0 radical (unpaired) electrons. The molecule has 2 amide bonds. The fourth-order valence-electron chi connectivity index (χ4n) is 3.68. The predicted octanol–water partition coefficient (Wildman–Crippen LogP) is 3.69. The maximum absolute atomic E-state index is 12.6. The van der Waals surface area contributed by atoms with Crippen LogP contribution in [-0.2, 0) is 11.3 Å². The number of carbonyl (C=O) groups excluding carboxylic acids is 2. The molecule has 0 atom stereocenters. The first-order chi connectivity index (χ1) is 15.5. The second kappa shape index (κ2) is 10.1. The smallest absolute Gasteiger partial charge is 0.258 e. The molecule has 0 aliphatic carbocycles. The number of carbonyl (C=O) groups is 2. The largest absolute Gasteiger partial charge is 0.483 e. The Hall–Kier alpha value is -2.90. The summed E-state index contributed by atoms with van der Waals surface area (Å²) in [7, 11) is 2.07. The summed E-state index contributed by atoms with van der Waals surface area (Å²) in [6, 6.07) is 19.2. The molecular formula is C25H26BrN3O3. The number of hydrogen-bond acceptors (Lipinski definition) is 4. The van der Waals surface area contributed by atoms with Gasteiger partial charge in [0.2, 0.25) is 0 Å². The molecule has 1 heterocycles. The van der Waals surface area contributed by atoms with E-state index in [1.807, 2.05) is 65.6 Å². The molecule has 0 bridgehead atoms. The highest BCUT2D eigenvalue weighted by Crippen LogP contribution is 2.32. The van der Waals surface area contributed by atoms with Gasteiger partial charge in [-0.3, -0.25) is 9.59 Å². The fraction of sp³-hybridized carbons (Fsp3) is 0.280. The van der Waals surface area contributed by atoms with E-state index in [1.54, 1.807) is 0 Å². The highest BCUT2D eigenvalue weighted by atomic mass is 79.9. The van der Waals surface area contributed by atoms with Gasteiger partial charge in [-0.2, -0.15) is 0 Å². The highest BCUT2D eigenvalue weighted by molar-refractivity contribution is 9.10. The van der Waals surface area contributed by atoms with E-state index in [0.717, 1.165) is 47.0 Å². The van der Waals surface area contributed by atoms with Crippen LogP contribution in [0.15, 0.2) is 65.1 Å². The van der Waals surface area contributed by atoms with Crippen LogP contribution in [-0.4, -0.2) is 61.4 Å². The Morgan fingerprint density at radius 2 is 1.69 bits per heavy atom. The minimum Gasteiger partial charge on any atom is -0.483 e. The van der Waals surface area contributed by atoms with Crippen LogP contribution >= 0.6 is 15.9 Å². The van der Waals surface area contributed by atoms with Gasteiger partial charge in [0.05, 0.1) is 4.47 Å². The van der Waals surface area contributed by atoms with Gasteiger partial charge in [-0.25, -0.2) is 0 Å². The summed E-state index contributed by atoms with van der Waals surface area (Å²) >= 11 is 3.57. The molecule has 166 valence electrons. The summed E-state index contributed by atoms with van der Waals surface area (Å²) in [6.45, 7) is 3.60. The zero-order valence-corrected chi connectivity index (χ0v) is 19.6. The van der Waals surface area contributed by atoms with Crippen molar-refractivity contribution >= 4 is 38.5 Å². The standard InChI is InChI=1S/C25H26BrN3O3/c1-28-12-14-29(15-13-28)25(31)20-8-6-18(7-9-20)16-27-23(30)17-32-22-11-10-19-4-2-3-5-21(19)24(22)26/h2-11H,12-17H2,1H3,(H,27,30). The van der Waals surface area contributed by atoms with Gasteiger partial charge in [0, 0.05) is 38.3 Å². The van der Waals surface area contributed by atoms with Gasteiger partial charge in [0.1, 0.15) is 5.75 Å². The molecule has 1 fully saturated rings. The van der Waals surface area contributed by atoms with E-state index in [4.69, 9.17) is 4.74 Å². The van der Waals surface area contributed by atoms with Crippen LogP contribution in [0.5, 0.6) is 5.75 Å². The van der Waals surface area contributed by atoms with Crippen molar-refractivity contribution in [1.82, 2.24) is 15.1 Å². The lowest BCUT2D eigenvalue weighted by Gasteiger charge is -2.32. The molecule has 0 unspecified atom stereocenters. The molecule has 32 heavy (non-hydrogen) atoms. The maximum Gasteiger partial charge on any atom is 0.258 e. The topological polar surface area (TPSA) is 61.9 Å². The molecule has 0 aromatic heterocycles. The Morgan fingerprint density at radius 1 is 0.969 bits per heavy atom. The number of piperazine rings is 1. The van der Waals surface area contributed by atoms with Crippen LogP contribution in [0.1, 0.15) is 15.9 Å². The number of nitrogens with zero attached hydrogens (tertiary/aromatic N) is 2.